The van der Waals surface area contributed by atoms with E-state index in [1.54, 1.807) is 12.4 Å². The van der Waals surface area contributed by atoms with Crippen molar-refractivity contribution in [2.75, 3.05) is 12.4 Å². The summed E-state index contributed by atoms with van der Waals surface area (Å²) in [6.45, 7) is 0.679. The molecule has 1 aromatic heterocycles. The molecule has 1 saturated carbocycles. The number of ether oxygens (including phenoxy) is 1. The molecular weight excluding hydrogens is 278 g/mol. The average Bonchev–Trinajstić information content (AvgIpc) is 2.89. The van der Waals surface area contributed by atoms with Crippen molar-refractivity contribution in [1.82, 2.24) is 9.71 Å². The summed E-state index contributed by atoms with van der Waals surface area (Å²) in [7, 11) is -3.34. The Morgan fingerprint density at radius 3 is 2.90 bits per heavy atom. The van der Waals surface area contributed by atoms with E-state index in [2.05, 4.69) is 9.71 Å². The van der Waals surface area contributed by atoms with Gasteiger partial charge in [-0.15, -0.1) is 0 Å². The molecule has 4 atom stereocenters. The number of hydrogen-bond acceptors (Lipinski definition) is 5. The molecular formula is C13H19N3O3S. The van der Waals surface area contributed by atoms with Gasteiger partial charge in [-0.1, -0.05) is 0 Å². The van der Waals surface area contributed by atoms with Crippen molar-refractivity contribution >= 4 is 10.0 Å². The summed E-state index contributed by atoms with van der Waals surface area (Å²) in [5, 5.41) is 0. The molecule has 0 aromatic carbocycles. The van der Waals surface area contributed by atoms with Crippen LogP contribution in [-0.4, -0.2) is 43.9 Å². The Hall–Kier alpha value is -1.02. The van der Waals surface area contributed by atoms with Crippen LogP contribution >= 0.6 is 0 Å². The minimum atomic E-state index is -3.34. The van der Waals surface area contributed by atoms with Crippen LogP contribution < -0.4 is 10.5 Å². The van der Waals surface area contributed by atoms with Gasteiger partial charge >= 0.3 is 0 Å². The molecule has 0 spiro atoms. The molecule has 2 fully saturated rings. The van der Waals surface area contributed by atoms with Gasteiger partial charge in [-0.3, -0.25) is 4.98 Å². The first-order valence-electron chi connectivity index (χ1n) is 6.83. The van der Waals surface area contributed by atoms with Gasteiger partial charge in [0.15, 0.2) is 0 Å². The first kappa shape index (κ1) is 13.9. The first-order chi connectivity index (χ1) is 9.57. The van der Waals surface area contributed by atoms with E-state index in [0.717, 1.165) is 12.0 Å². The summed E-state index contributed by atoms with van der Waals surface area (Å²) in [4.78, 5) is 3.91. The Kier molecular flexibility index (Phi) is 3.76. The quantitative estimate of drug-likeness (QED) is 0.775. The topological polar surface area (TPSA) is 94.3 Å². The maximum absolute atomic E-state index is 12.1. The molecule has 1 saturated heterocycles. The number of nitrogens with zero attached hydrogens (tertiary/aromatic N) is 1. The van der Waals surface area contributed by atoms with E-state index >= 15 is 0 Å². The minimum Gasteiger partial charge on any atom is -0.376 e. The van der Waals surface area contributed by atoms with Gasteiger partial charge in [0.2, 0.25) is 10.0 Å². The van der Waals surface area contributed by atoms with Gasteiger partial charge in [-0.2, -0.15) is 0 Å². The number of aromatic nitrogens is 1. The molecule has 4 unspecified atom stereocenters. The van der Waals surface area contributed by atoms with Gasteiger partial charge in [0, 0.05) is 31.0 Å². The van der Waals surface area contributed by atoms with Crippen LogP contribution in [0.25, 0.3) is 0 Å². The summed E-state index contributed by atoms with van der Waals surface area (Å²) >= 11 is 0. The summed E-state index contributed by atoms with van der Waals surface area (Å²) in [6, 6.07) is 3.24. The van der Waals surface area contributed by atoms with Crippen molar-refractivity contribution in [3.8, 4) is 0 Å². The van der Waals surface area contributed by atoms with Crippen LogP contribution in [0.2, 0.25) is 0 Å². The number of hydrogen-bond donors (Lipinski definition) is 2. The summed E-state index contributed by atoms with van der Waals surface area (Å²) < 4.78 is 32.4. The monoisotopic (exact) mass is 297 g/mol. The predicted molar refractivity (Wildman–Crippen MR) is 74.5 cm³/mol. The van der Waals surface area contributed by atoms with Crippen molar-refractivity contribution in [2.24, 2.45) is 11.7 Å². The molecule has 1 aliphatic heterocycles. The second kappa shape index (κ2) is 5.40. The van der Waals surface area contributed by atoms with Crippen LogP contribution in [0.5, 0.6) is 0 Å². The van der Waals surface area contributed by atoms with Crippen LogP contribution in [0.1, 0.15) is 12.0 Å². The van der Waals surface area contributed by atoms with E-state index in [1.807, 2.05) is 12.1 Å². The third-order valence-corrected chi connectivity index (χ3v) is 5.54. The van der Waals surface area contributed by atoms with E-state index in [1.165, 1.54) is 0 Å². The number of nitrogens with two attached hydrogens (primary N) is 1. The standard InChI is InChI=1S/C13H19N3O3S/c14-11-10-3-7-19-13(10)12(11)16-20(17,18)8-4-9-1-5-15-6-2-9/h1-2,5-6,10-13,16H,3-4,7-8,14H2. The Morgan fingerprint density at radius 1 is 1.40 bits per heavy atom. The van der Waals surface area contributed by atoms with Crippen molar-refractivity contribution in [1.29, 1.82) is 0 Å². The lowest BCUT2D eigenvalue weighted by atomic mass is 9.73. The van der Waals surface area contributed by atoms with E-state index in [9.17, 15) is 8.42 Å². The molecule has 7 heteroatoms. The predicted octanol–water partition coefficient (Wildman–Crippen LogP) is -0.342. The third kappa shape index (κ3) is 2.71. The Labute approximate surface area is 118 Å². The zero-order valence-corrected chi connectivity index (χ0v) is 11.9. The number of aryl methyl sites for hydroxylation is 1. The fourth-order valence-corrected chi connectivity index (χ4v) is 4.29. The molecule has 1 aliphatic carbocycles. The highest BCUT2D eigenvalue weighted by atomic mass is 32.2. The molecule has 1 aromatic rings. The van der Waals surface area contributed by atoms with Crippen LogP contribution in [0, 0.1) is 5.92 Å². The molecule has 3 N–H and O–H groups in total. The molecule has 2 heterocycles. The summed E-state index contributed by atoms with van der Waals surface area (Å²) in [6.07, 6.45) is 4.68. The number of nitrogens with one attached hydrogen (secondary N) is 1. The molecule has 110 valence electrons. The maximum atomic E-state index is 12.1. The smallest absolute Gasteiger partial charge is 0.212 e. The summed E-state index contributed by atoms with van der Waals surface area (Å²) in [5.74, 6) is 0.361. The minimum absolute atomic E-state index is 0.0410. The van der Waals surface area contributed by atoms with E-state index < -0.39 is 10.0 Å². The van der Waals surface area contributed by atoms with E-state index in [0.29, 0.717) is 18.9 Å². The zero-order chi connectivity index (χ0) is 14.2. The van der Waals surface area contributed by atoms with Crippen LogP contribution in [0.15, 0.2) is 24.5 Å². The molecule has 2 aliphatic rings. The SMILES string of the molecule is NC1C2CCOC2C1NS(=O)(=O)CCc1ccncc1. The largest absolute Gasteiger partial charge is 0.376 e. The Bertz CT molecular complexity index is 563. The highest BCUT2D eigenvalue weighted by Gasteiger charge is 2.53. The highest BCUT2D eigenvalue weighted by molar-refractivity contribution is 7.89. The van der Waals surface area contributed by atoms with Crippen LogP contribution in [0.3, 0.4) is 0 Å². The first-order valence-corrected chi connectivity index (χ1v) is 8.48. The number of rotatable bonds is 5. The fourth-order valence-electron chi connectivity index (χ4n) is 2.96. The van der Waals surface area contributed by atoms with E-state index in [-0.39, 0.29) is 23.9 Å². The molecule has 6 nitrogen and oxygen atoms in total. The molecule has 3 rings (SSSR count). The van der Waals surface area contributed by atoms with Crippen molar-refractivity contribution in [3.05, 3.63) is 30.1 Å². The van der Waals surface area contributed by atoms with E-state index in [4.69, 9.17) is 10.5 Å². The average molecular weight is 297 g/mol. The molecule has 0 bridgehead atoms. The van der Waals surface area contributed by atoms with Gasteiger partial charge in [0.05, 0.1) is 17.9 Å². The number of pyridine rings is 1. The summed E-state index contributed by atoms with van der Waals surface area (Å²) in [5.41, 5.74) is 6.96. The lowest BCUT2D eigenvalue weighted by Gasteiger charge is -2.45. The van der Waals surface area contributed by atoms with Crippen molar-refractivity contribution in [2.45, 2.75) is 31.0 Å². The van der Waals surface area contributed by atoms with Gasteiger partial charge in [0.1, 0.15) is 0 Å². The van der Waals surface area contributed by atoms with Crippen LogP contribution in [0.4, 0.5) is 0 Å². The van der Waals surface area contributed by atoms with Gasteiger partial charge < -0.3 is 10.5 Å². The van der Waals surface area contributed by atoms with Crippen molar-refractivity contribution < 1.29 is 13.2 Å². The van der Waals surface area contributed by atoms with Gasteiger partial charge in [-0.25, -0.2) is 13.1 Å². The second-order valence-corrected chi connectivity index (χ2v) is 7.31. The Morgan fingerprint density at radius 2 is 2.15 bits per heavy atom. The van der Waals surface area contributed by atoms with Gasteiger partial charge in [-0.05, 0) is 30.5 Å². The highest BCUT2D eigenvalue weighted by Crippen LogP contribution is 2.38. The zero-order valence-electron chi connectivity index (χ0n) is 11.1. The number of fused-ring (bicyclic) bond motifs is 1. The lowest BCUT2D eigenvalue weighted by Crippen LogP contribution is -2.69. The van der Waals surface area contributed by atoms with Gasteiger partial charge in [0.25, 0.3) is 0 Å². The Balaban J connectivity index is 1.56. The van der Waals surface area contributed by atoms with Crippen molar-refractivity contribution in [3.63, 3.8) is 0 Å². The molecule has 0 radical (unpaired) electrons. The molecule has 0 amide bonds. The lowest BCUT2D eigenvalue weighted by molar-refractivity contribution is -0.00923. The van der Waals surface area contributed by atoms with Crippen LogP contribution in [-0.2, 0) is 21.2 Å². The fraction of sp³-hybridized carbons (Fsp3) is 0.615. The normalized spacial score (nSPS) is 32.6. The molecule has 20 heavy (non-hydrogen) atoms. The third-order valence-electron chi connectivity index (χ3n) is 4.17. The second-order valence-electron chi connectivity index (χ2n) is 5.43. The maximum Gasteiger partial charge on any atom is 0.212 e. The number of sulfonamides is 1.